The van der Waals surface area contributed by atoms with Gasteiger partial charge in [0, 0.05) is 17.0 Å². The van der Waals surface area contributed by atoms with E-state index < -0.39 is 0 Å². The molecule has 0 bridgehead atoms. The molecule has 1 saturated carbocycles. The second-order valence-corrected chi connectivity index (χ2v) is 6.10. The Morgan fingerprint density at radius 2 is 2.12 bits per heavy atom. The Balaban J connectivity index is 1.67. The molecule has 3 unspecified atom stereocenters. The molecule has 0 radical (unpaired) electrons. The van der Waals surface area contributed by atoms with Gasteiger partial charge in [-0.3, -0.25) is 4.79 Å². The molecule has 1 saturated heterocycles. The van der Waals surface area contributed by atoms with Crippen LogP contribution in [0.2, 0.25) is 0 Å². The average molecular weight is 249 g/mol. The van der Waals surface area contributed by atoms with Gasteiger partial charge in [0.1, 0.15) is 0 Å². The first kappa shape index (κ1) is 11.4. The molecule has 0 spiro atoms. The van der Waals surface area contributed by atoms with Crippen molar-refractivity contribution in [2.24, 2.45) is 5.92 Å². The second kappa shape index (κ2) is 4.91. The quantitative estimate of drug-likeness (QED) is 0.815. The van der Waals surface area contributed by atoms with Gasteiger partial charge < -0.3 is 5.32 Å². The van der Waals surface area contributed by atoms with Crippen molar-refractivity contribution in [3.05, 3.63) is 22.4 Å². The van der Waals surface area contributed by atoms with E-state index in [0.717, 1.165) is 17.9 Å². The lowest BCUT2D eigenvalue weighted by Gasteiger charge is -2.39. The number of hydrogen-bond acceptors (Lipinski definition) is 3. The number of fused-ring (bicyclic) bond motifs is 1. The molecule has 1 aliphatic heterocycles. The zero-order valence-electron chi connectivity index (χ0n) is 10.0. The summed E-state index contributed by atoms with van der Waals surface area (Å²) in [4.78, 5) is 12.3. The van der Waals surface area contributed by atoms with Gasteiger partial charge in [0.15, 0.2) is 5.78 Å². The van der Waals surface area contributed by atoms with E-state index in [9.17, 15) is 4.79 Å². The van der Waals surface area contributed by atoms with Crippen molar-refractivity contribution >= 4 is 17.1 Å². The van der Waals surface area contributed by atoms with Crippen LogP contribution in [0.3, 0.4) is 0 Å². The fourth-order valence-corrected chi connectivity index (χ4v) is 3.95. The lowest BCUT2D eigenvalue weighted by molar-refractivity contribution is 0.0862. The summed E-state index contributed by atoms with van der Waals surface area (Å²) in [6, 6.07) is 2.62. The van der Waals surface area contributed by atoms with Gasteiger partial charge in [-0.2, -0.15) is 11.3 Å². The van der Waals surface area contributed by atoms with Gasteiger partial charge in [-0.1, -0.05) is 12.8 Å². The number of piperidine rings is 1. The van der Waals surface area contributed by atoms with Gasteiger partial charge in [-0.15, -0.1) is 0 Å². The summed E-state index contributed by atoms with van der Waals surface area (Å²) in [7, 11) is 0. The first-order chi connectivity index (χ1) is 8.34. The average Bonchev–Trinajstić information content (AvgIpc) is 2.91. The Bertz CT molecular complexity index is 387. The smallest absolute Gasteiger partial charge is 0.180 e. The van der Waals surface area contributed by atoms with E-state index in [0.29, 0.717) is 11.8 Å². The van der Waals surface area contributed by atoms with Crippen molar-refractivity contribution in [3.63, 3.8) is 0 Å². The molecule has 3 rings (SSSR count). The van der Waals surface area contributed by atoms with Crippen LogP contribution in [0, 0.1) is 5.92 Å². The molecule has 2 aliphatic rings. The van der Waals surface area contributed by atoms with Crippen LogP contribution in [-0.4, -0.2) is 17.9 Å². The van der Waals surface area contributed by atoms with Crippen molar-refractivity contribution < 1.29 is 4.79 Å². The minimum absolute atomic E-state index is 0.0731. The molecule has 1 aromatic heterocycles. The maximum atomic E-state index is 12.3. The summed E-state index contributed by atoms with van der Waals surface area (Å²) in [5, 5.41) is 7.55. The predicted molar refractivity (Wildman–Crippen MR) is 70.6 cm³/mol. The normalized spacial score (nSPS) is 33.1. The summed E-state index contributed by atoms with van der Waals surface area (Å²) in [6.07, 6.45) is 7.59. The molecule has 3 atom stereocenters. The molecule has 0 aromatic carbocycles. The number of thiophene rings is 1. The van der Waals surface area contributed by atoms with E-state index in [-0.39, 0.29) is 6.04 Å². The first-order valence-corrected chi connectivity index (χ1v) is 7.61. The summed E-state index contributed by atoms with van der Waals surface area (Å²) in [6.45, 7) is 0. The Hall–Kier alpha value is -0.670. The monoisotopic (exact) mass is 249 g/mol. The fourth-order valence-electron chi connectivity index (χ4n) is 3.31. The van der Waals surface area contributed by atoms with E-state index in [2.05, 4.69) is 5.32 Å². The lowest BCUT2D eigenvalue weighted by Crippen LogP contribution is -2.51. The van der Waals surface area contributed by atoms with E-state index in [1.807, 2.05) is 16.8 Å². The molecule has 2 fully saturated rings. The highest BCUT2D eigenvalue weighted by Crippen LogP contribution is 2.32. The molecule has 0 amide bonds. The van der Waals surface area contributed by atoms with Crippen LogP contribution in [0.4, 0.5) is 0 Å². The Labute approximate surface area is 106 Å². The van der Waals surface area contributed by atoms with Crippen LogP contribution in [0.5, 0.6) is 0 Å². The zero-order chi connectivity index (χ0) is 11.7. The van der Waals surface area contributed by atoms with Crippen molar-refractivity contribution in [2.45, 2.75) is 50.6 Å². The van der Waals surface area contributed by atoms with Crippen LogP contribution in [0.15, 0.2) is 16.8 Å². The summed E-state index contributed by atoms with van der Waals surface area (Å²) in [5.41, 5.74) is 0.891. The molecule has 17 heavy (non-hydrogen) atoms. The Morgan fingerprint density at radius 1 is 1.24 bits per heavy atom. The van der Waals surface area contributed by atoms with E-state index >= 15 is 0 Å². The zero-order valence-corrected chi connectivity index (χ0v) is 10.8. The Kier molecular flexibility index (Phi) is 3.30. The topological polar surface area (TPSA) is 29.1 Å². The maximum Gasteiger partial charge on any atom is 0.180 e. The summed E-state index contributed by atoms with van der Waals surface area (Å²) >= 11 is 1.61. The van der Waals surface area contributed by atoms with Crippen molar-refractivity contribution in [1.82, 2.24) is 5.32 Å². The standard InChI is InChI=1S/C14H19NOS/c16-14(11-7-8-17-9-11)13-6-5-10-3-1-2-4-12(10)15-13/h7-10,12-13,15H,1-6H2. The van der Waals surface area contributed by atoms with Crippen LogP contribution in [-0.2, 0) is 0 Å². The molecule has 2 heterocycles. The van der Waals surface area contributed by atoms with Gasteiger partial charge in [-0.05, 0) is 43.0 Å². The van der Waals surface area contributed by atoms with E-state index in [1.165, 1.54) is 32.1 Å². The number of nitrogens with one attached hydrogen (secondary N) is 1. The number of carbonyl (C=O) groups is 1. The molecule has 2 nitrogen and oxygen atoms in total. The SMILES string of the molecule is O=C(c1ccsc1)C1CCC2CCCCC2N1. The van der Waals surface area contributed by atoms with Crippen molar-refractivity contribution in [2.75, 3.05) is 0 Å². The van der Waals surface area contributed by atoms with Gasteiger partial charge in [0.05, 0.1) is 6.04 Å². The third-order valence-corrected chi connectivity index (χ3v) is 4.96. The first-order valence-electron chi connectivity index (χ1n) is 6.67. The molecule has 1 N–H and O–H groups in total. The summed E-state index contributed by atoms with van der Waals surface area (Å²) < 4.78 is 0. The van der Waals surface area contributed by atoms with Crippen LogP contribution >= 0.6 is 11.3 Å². The third kappa shape index (κ3) is 2.31. The lowest BCUT2D eigenvalue weighted by atomic mass is 9.77. The van der Waals surface area contributed by atoms with Gasteiger partial charge in [0.2, 0.25) is 0 Å². The van der Waals surface area contributed by atoms with Crippen LogP contribution in [0.25, 0.3) is 0 Å². The molecule has 1 aromatic rings. The molecular weight excluding hydrogens is 230 g/mol. The van der Waals surface area contributed by atoms with Crippen LogP contribution in [0.1, 0.15) is 48.9 Å². The fraction of sp³-hybridized carbons (Fsp3) is 0.643. The van der Waals surface area contributed by atoms with E-state index in [1.54, 1.807) is 11.3 Å². The molecule has 3 heteroatoms. The Morgan fingerprint density at radius 3 is 2.94 bits per heavy atom. The second-order valence-electron chi connectivity index (χ2n) is 5.32. The number of Topliss-reactive ketones (excluding diaryl/α,β-unsaturated/α-hetero) is 1. The van der Waals surface area contributed by atoms with Gasteiger partial charge in [-0.25, -0.2) is 0 Å². The van der Waals surface area contributed by atoms with Crippen molar-refractivity contribution in [3.8, 4) is 0 Å². The largest absolute Gasteiger partial charge is 0.304 e. The molecule has 1 aliphatic carbocycles. The highest BCUT2D eigenvalue weighted by atomic mass is 32.1. The van der Waals surface area contributed by atoms with Crippen molar-refractivity contribution in [1.29, 1.82) is 0 Å². The highest BCUT2D eigenvalue weighted by Gasteiger charge is 2.34. The van der Waals surface area contributed by atoms with Gasteiger partial charge in [0.25, 0.3) is 0 Å². The minimum Gasteiger partial charge on any atom is -0.304 e. The number of carbonyl (C=O) groups excluding carboxylic acids is 1. The molecule has 92 valence electrons. The molecular formula is C14H19NOS. The van der Waals surface area contributed by atoms with Gasteiger partial charge >= 0.3 is 0 Å². The number of ketones is 1. The number of hydrogen-bond donors (Lipinski definition) is 1. The predicted octanol–water partition coefficient (Wildman–Crippen LogP) is 3.24. The minimum atomic E-state index is 0.0731. The van der Waals surface area contributed by atoms with Crippen LogP contribution < -0.4 is 5.32 Å². The number of rotatable bonds is 2. The third-order valence-electron chi connectivity index (χ3n) is 4.27. The highest BCUT2D eigenvalue weighted by molar-refractivity contribution is 7.08. The summed E-state index contributed by atoms with van der Waals surface area (Å²) in [5.74, 6) is 1.13. The van der Waals surface area contributed by atoms with E-state index in [4.69, 9.17) is 0 Å². The maximum absolute atomic E-state index is 12.3.